The third kappa shape index (κ3) is 3.76. The van der Waals surface area contributed by atoms with Crippen molar-refractivity contribution in [1.82, 2.24) is 0 Å². The Morgan fingerprint density at radius 2 is 1.70 bits per heavy atom. The topological polar surface area (TPSA) is 0 Å². The van der Waals surface area contributed by atoms with Crippen molar-refractivity contribution in [2.75, 3.05) is 0 Å². The molecule has 1 unspecified atom stereocenters. The Labute approximate surface area is 182 Å². The molecule has 0 fully saturated rings. The number of allylic oxidation sites excluding steroid dienone is 6. The van der Waals surface area contributed by atoms with Gasteiger partial charge in [0.05, 0.1) is 0 Å². The minimum Gasteiger partial charge on any atom is -0.0859 e. The van der Waals surface area contributed by atoms with Crippen molar-refractivity contribution in [3.63, 3.8) is 0 Å². The second kappa shape index (κ2) is 8.27. The molecule has 1 atom stereocenters. The molecule has 0 heterocycles. The first-order valence-corrected chi connectivity index (χ1v) is 9.78. The minimum absolute atomic E-state index is 0. The summed E-state index contributed by atoms with van der Waals surface area (Å²) in [4.78, 5) is 0. The number of hydrogen-bond donors (Lipinski definition) is 0. The first kappa shape index (κ1) is 20.3. The Bertz CT molecular complexity index is 900. The third-order valence-corrected chi connectivity index (χ3v) is 6.17. The molecule has 0 amide bonds. The van der Waals surface area contributed by atoms with Crippen LogP contribution < -0.4 is 0 Å². The minimum atomic E-state index is 0. The van der Waals surface area contributed by atoms with E-state index in [2.05, 4.69) is 93.6 Å². The van der Waals surface area contributed by atoms with Crippen LogP contribution in [0.5, 0.6) is 0 Å². The molecule has 0 aliphatic heterocycles. The molecule has 136 valence electrons. The molecule has 0 saturated carbocycles. The first-order chi connectivity index (χ1) is 12.6. The van der Waals surface area contributed by atoms with Crippen LogP contribution in [0.2, 0.25) is 0 Å². The van der Waals surface area contributed by atoms with Gasteiger partial charge < -0.3 is 0 Å². The summed E-state index contributed by atoms with van der Waals surface area (Å²) in [5.74, 6) is 0.475. The van der Waals surface area contributed by atoms with E-state index in [0.717, 1.165) is 12.8 Å². The number of benzene rings is 2. The largest absolute Gasteiger partial charge is 0.0859 e. The van der Waals surface area contributed by atoms with Crippen LogP contribution in [-0.4, -0.2) is 0 Å². The molecule has 1 heteroatoms. The summed E-state index contributed by atoms with van der Waals surface area (Å²) in [7, 11) is 0. The predicted molar refractivity (Wildman–Crippen MR) is 112 cm³/mol. The zero-order valence-corrected chi connectivity index (χ0v) is 20.2. The van der Waals surface area contributed by atoms with Crippen molar-refractivity contribution in [3.05, 3.63) is 95.1 Å². The molecule has 2 aliphatic rings. The van der Waals surface area contributed by atoms with Gasteiger partial charge in [0.1, 0.15) is 0 Å². The summed E-state index contributed by atoms with van der Waals surface area (Å²) in [6.45, 7) is 6.86. The van der Waals surface area contributed by atoms with Crippen LogP contribution in [0.4, 0.5) is 0 Å². The van der Waals surface area contributed by atoms with Crippen molar-refractivity contribution < 1.29 is 25.8 Å². The number of fused-ring (bicyclic) bond motifs is 3. The van der Waals surface area contributed by atoms with Gasteiger partial charge in [0.15, 0.2) is 0 Å². The number of hydrogen-bond acceptors (Lipinski definition) is 0. The van der Waals surface area contributed by atoms with Crippen LogP contribution in [0.3, 0.4) is 0 Å². The molecular weight excluding hydrogens is 491 g/mol. The Kier molecular flexibility index (Phi) is 6.21. The van der Waals surface area contributed by atoms with Gasteiger partial charge in [-0.25, -0.2) is 0 Å². The van der Waals surface area contributed by atoms with Crippen molar-refractivity contribution in [2.45, 2.75) is 45.4 Å². The van der Waals surface area contributed by atoms with Crippen LogP contribution >= 0.6 is 0 Å². The van der Waals surface area contributed by atoms with Gasteiger partial charge >= 0.3 is 0 Å². The van der Waals surface area contributed by atoms with E-state index in [1.165, 1.54) is 34.2 Å². The van der Waals surface area contributed by atoms with Crippen LogP contribution in [-0.2, 0) is 37.7 Å². The molecule has 2 aromatic carbocycles. The molecular formula is C26H28Hf. The average molecular weight is 519 g/mol. The summed E-state index contributed by atoms with van der Waals surface area (Å²) in [5.41, 5.74) is 8.96. The Morgan fingerprint density at radius 1 is 1.00 bits per heavy atom. The van der Waals surface area contributed by atoms with Gasteiger partial charge in [-0.3, -0.25) is 0 Å². The zero-order chi connectivity index (χ0) is 18.1. The first-order valence-electron chi connectivity index (χ1n) is 9.78. The van der Waals surface area contributed by atoms with Crippen LogP contribution in [0.1, 0.15) is 50.3 Å². The molecule has 4 rings (SSSR count). The molecule has 0 spiro atoms. The van der Waals surface area contributed by atoms with E-state index in [9.17, 15) is 0 Å². The second-order valence-corrected chi connectivity index (χ2v) is 8.20. The zero-order valence-electron chi connectivity index (χ0n) is 16.6. The van der Waals surface area contributed by atoms with Crippen molar-refractivity contribution >= 4 is 0 Å². The smallest absolute Gasteiger partial charge is 0.00474 e. The Morgan fingerprint density at radius 3 is 2.44 bits per heavy atom. The molecule has 27 heavy (non-hydrogen) atoms. The van der Waals surface area contributed by atoms with E-state index < -0.39 is 0 Å². The summed E-state index contributed by atoms with van der Waals surface area (Å²) in [6, 6.07) is 15.8. The van der Waals surface area contributed by atoms with Gasteiger partial charge in [-0.1, -0.05) is 85.3 Å². The molecule has 0 N–H and O–H groups in total. The maximum absolute atomic E-state index is 2.47. The molecule has 2 aromatic rings. The van der Waals surface area contributed by atoms with Gasteiger partial charge in [0.2, 0.25) is 0 Å². The second-order valence-electron chi connectivity index (χ2n) is 8.20. The van der Waals surface area contributed by atoms with E-state index in [1.807, 2.05) is 0 Å². The van der Waals surface area contributed by atoms with Gasteiger partial charge in [-0.05, 0) is 60.9 Å². The van der Waals surface area contributed by atoms with Crippen molar-refractivity contribution in [1.29, 1.82) is 0 Å². The van der Waals surface area contributed by atoms with Crippen LogP contribution in [0.15, 0.2) is 78.4 Å². The summed E-state index contributed by atoms with van der Waals surface area (Å²) >= 11 is 0. The Balaban J connectivity index is 0.00000210. The van der Waals surface area contributed by atoms with Gasteiger partial charge in [0.25, 0.3) is 0 Å². The molecule has 2 aliphatic carbocycles. The van der Waals surface area contributed by atoms with E-state index in [1.54, 1.807) is 5.56 Å². The molecule has 0 nitrogen and oxygen atoms in total. The summed E-state index contributed by atoms with van der Waals surface area (Å²) in [6.07, 6.45) is 14.9. The molecule has 0 bridgehead atoms. The Hall–Kier alpha value is -1.47. The van der Waals surface area contributed by atoms with Gasteiger partial charge in [-0.2, -0.15) is 0 Å². The van der Waals surface area contributed by atoms with Crippen molar-refractivity contribution in [3.8, 4) is 11.1 Å². The van der Waals surface area contributed by atoms with Gasteiger partial charge in [0, 0.05) is 37.2 Å². The molecule has 0 saturated heterocycles. The summed E-state index contributed by atoms with van der Waals surface area (Å²) < 4.78 is 0. The van der Waals surface area contributed by atoms with E-state index in [0.29, 0.717) is 5.92 Å². The fraction of sp³-hybridized carbons (Fsp3) is 0.308. The maximum atomic E-state index is 2.47. The normalized spacial score (nSPS) is 16.4. The van der Waals surface area contributed by atoms with E-state index in [-0.39, 0.29) is 31.3 Å². The fourth-order valence-electron chi connectivity index (χ4n) is 4.69. The molecule has 0 radical (unpaired) electrons. The standard InChI is InChI=1S/C26H28.Hf/c1-19(2)10-9-17-26(3,21-12-5-6-13-21)25-16-8-15-23-22-14-7-4-11-20(22)18-24(23)25;/h4-8,10-16,21H,9,17-18H2,1-3H3;. The third-order valence-electron chi connectivity index (χ3n) is 6.17. The quantitative estimate of drug-likeness (QED) is 0.252. The van der Waals surface area contributed by atoms with E-state index >= 15 is 0 Å². The number of rotatable bonds is 5. The van der Waals surface area contributed by atoms with E-state index in [4.69, 9.17) is 0 Å². The summed E-state index contributed by atoms with van der Waals surface area (Å²) in [5, 5.41) is 0. The monoisotopic (exact) mass is 520 g/mol. The van der Waals surface area contributed by atoms with Crippen molar-refractivity contribution in [2.24, 2.45) is 5.92 Å². The predicted octanol–water partition coefficient (Wildman–Crippen LogP) is 7.00. The fourth-order valence-corrected chi connectivity index (χ4v) is 4.69. The SMILES string of the molecule is CC(C)=CCCC(C)(c1cccc2c1Cc1ccccc1-2)C1C=CC=C1.[Hf]. The van der Waals surface area contributed by atoms with Crippen LogP contribution in [0.25, 0.3) is 11.1 Å². The van der Waals surface area contributed by atoms with Gasteiger partial charge in [-0.15, -0.1) is 0 Å². The average Bonchev–Trinajstić information content (AvgIpc) is 3.29. The molecule has 0 aromatic heterocycles. The van der Waals surface area contributed by atoms with Crippen LogP contribution in [0, 0.1) is 5.92 Å². The maximum Gasteiger partial charge on any atom is 0.00474 e.